The van der Waals surface area contributed by atoms with Gasteiger partial charge in [0.05, 0.1) is 5.25 Å². The van der Waals surface area contributed by atoms with Gasteiger partial charge in [-0.1, -0.05) is 6.07 Å². The van der Waals surface area contributed by atoms with Crippen molar-refractivity contribution in [1.29, 1.82) is 0 Å². The molecule has 0 radical (unpaired) electrons. The summed E-state index contributed by atoms with van der Waals surface area (Å²) in [6, 6.07) is 6.08. The molecule has 0 heterocycles. The van der Waals surface area contributed by atoms with Crippen LogP contribution >= 0.6 is 15.9 Å². The van der Waals surface area contributed by atoms with E-state index in [2.05, 4.69) is 21.2 Å². The highest BCUT2D eigenvalue weighted by molar-refractivity contribution is 9.10. The smallest absolute Gasteiger partial charge is 0.152 e. The number of halogens is 1. The summed E-state index contributed by atoms with van der Waals surface area (Å²) in [4.78, 5) is 0. The molecule has 2 atom stereocenters. The van der Waals surface area contributed by atoms with Crippen molar-refractivity contribution in [3.8, 4) is 0 Å². The number of sulfone groups is 1. The Labute approximate surface area is 117 Å². The average Bonchev–Trinajstić information content (AvgIpc) is 2.71. The molecule has 1 aromatic rings. The Balaban J connectivity index is 2.21. The van der Waals surface area contributed by atoms with E-state index >= 15 is 0 Å². The summed E-state index contributed by atoms with van der Waals surface area (Å²) >= 11 is 3.50. The molecule has 1 N–H and O–H groups in total. The minimum absolute atomic E-state index is 0.0260. The Hall–Kier alpha value is -0.550. The van der Waals surface area contributed by atoms with Crippen molar-refractivity contribution in [2.24, 2.45) is 0 Å². The second-order valence-corrected chi connectivity index (χ2v) is 8.15. The molecule has 1 aliphatic rings. The van der Waals surface area contributed by atoms with Crippen LogP contribution in [0, 0.1) is 6.92 Å². The first-order valence-corrected chi connectivity index (χ1v) is 8.84. The van der Waals surface area contributed by atoms with Gasteiger partial charge in [-0.2, -0.15) is 0 Å². The van der Waals surface area contributed by atoms with E-state index in [1.807, 2.05) is 25.1 Å². The monoisotopic (exact) mass is 331 g/mol. The summed E-state index contributed by atoms with van der Waals surface area (Å²) in [5, 5.41) is 3.12. The molecule has 0 aromatic heterocycles. The summed E-state index contributed by atoms with van der Waals surface area (Å²) < 4.78 is 24.4. The predicted octanol–water partition coefficient (Wildman–Crippen LogP) is 3.14. The Morgan fingerprint density at radius 3 is 2.72 bits per heavy atom. The van der Waals surface area contributed by atoms with E-state index in [1.54, 1.807) is 0 Å². The molecule has 1 saturated carbocycles. The van der Waals surface area contributed by atoms with Crippen molar-refractivity contribution in [3.05, 3.63) is 28.2 Å². The molecular weight excluding hydrogens is 314 g/mol. The predicted molar refractivity (Wildman–Crippen MR) is 78.8 cm³/mol. The van der Waals surface area contributed by atoms with E-state index in [4.69, 9.17) is 0 Å². The first kappa shape index (κ1) is 13.9. The van der Waals surface area contributed by atoms with E-state index in [0.717, 1.165) is 35.0 Å². The number of hydrogen-bond donors (Lipinski definition) is 1. The first-order chi connectivity index (χ1) is 8.38. The van der Waals surface area contributed by atoms with Crippen LogP contribution in [0.25, 0.3) is 0 Å². The van der Waals surface area contributed by atoms with Gasteiger partial charge in [0.1, 0.15) is 0 Å². The highest BCUT2D eigenvalue weighted by atomic mass is 79.9. The summed E-state index contributed by atoms with van der Waals surface area (Å²) in [5.41, 5.74) is 2.14. The summed E-state index contributed by atoms with van der Waals surface area (Å²) in [7, 11) is -2.97. The molecule has 2 rings (SSSR count). The molecule has 1 fully saturated rings. The van der Waals surface area contributed by atoms with Crippen molar-refractivity contribution in [1.82, 2.24) is 0 Å². The van der Waals surface area contributed by atoms with Crippen molar-refractivity contribution in [2.75, 3.05) is 11.6 Å². The van der Waals surface area contributed by atoms with Crippen molar-refractivity contribution >= 4 is 31.5 Å². The summed E-state index contributed by atoms with van der Waals surface area (Å²) in [6.45, 7) is 2.03. The number of hydrogen-bond acceptors (Lipinski definition) is 3. The van der Waals surface area contributed by atoms with Crippen LogP contribution in [0.4, 0.5) is 5.69 Å². The van der Waals surface area contributed by atoms with E-state index in [1.165, 1.54) is 6.26 Å². The first-order valence-electron chi connectivity index (χ1n) is 6.09. The molecular formula is C13H18BrNO2S. The van der Waals surface area contributed by atoms with Crippen molar-refractivity contribution < 1.29 is 8.42 Å². The van der Waals surface area contributed by atoms with Crippen LogP contribution in [0.15, 0.2) is 22.7 Å². The Morgan fingerprint density at radius 1 is 1.33 bits per heavy atom. The zero-order valence-electron chi connectivity index (χ0n) is 10.6. The quantitative estimate of drug-likeness (QED) is 0.925. The summed E-state index contributed by atoms with van der Waals surface area (Å²) in [6.07, 6.45) is 3.99. The van der Waals surface area contributed by atoms with Gasteiger partial charge in [-0.25, -0.2) is 8.42 Å². The van der Waals surface area contributed by atoms with Crippen LogP contribution in [0.2, 0.25) is 0 Å². The average molecular weight is 332 g/mol. The van der Waals surface area contributed by atoms with Crippen LogP contribution in [0.1, 0.15) is 24.8 Å². The Kier molecular flexibility index (Phi) is 4.02. The van der Waals surface area contributed by atoms with Gasteiger partial charge in [0.25, 0.3) is 0 Å². The lowest BCUT2D eigenvalue weighted by Gasteiger charge is -2.21. The van der Waals surface area contributed by atoms with Crippen molar-refractivity contribution in [3.63, 3.8) is 0 Å². The summed E-state index contributed by atoms with van der Waals surface area (Å²) in [5.74, 6) is 0. The molecule has 0 spiro atoms. The van der Waals surface area contributed by atoms with Crippen LogP contribution in [-0.2, 0) is 9.84 Å². The fourth-order valence-corrected chi connectivity index (χ4v) is 4.31. The van der Waals surface area contributed by atoms with Crippen LogP contribution < -0.4 is 5.32 Å². The molecule has 0 bridgehead atoms. The molecule has 0 aliphatic heterocycles. The lowest BCUT2D eigenvalue weighted by molar-refractivity contribution is 0.579. The maximum atomic E-state index is 11.7. The molecule has 1 aliphatic carbocycles. The highest BCUT2D eigenvalue weighted by Gasteiger charge is 2.34. The zero-order chi connectivity index (χ0) is 13.3. The van der Waals surface area contributed by atoms with Gasteiger partial charge < -0.3 is 5.32 Å². The van der Waals surface area contributed by atoms with Gasteiger partial charge in [-0.3, -0.25) is 0 Å². The molecule has 0 saturated heterocycles. The normalized spacial score (nSPS) is 24.2. The van der Waals surface area contributed by atoms with Crippen LogP contribution in [0.3, 0.4) is 0 Å². The molecule has 3 nitrogen and oxygen atoms in total. The molecule has 5 heteroatoms. The largest absolute Gasteiger partial charge is 0.380 e. The van der Waals surface area contributed by atoms with Gasteiger partial charge in [-0.05, 0) is 59.8 Å². The molecule has 0 amide bonds. The standard InChI is InChI=1S/C13H18BrNO2S/c1-9-6-7-10(14)12(8-9)15-11-4-3-5-13(11)18(2,16)17/h6-8,11,13,15H,3-5H2,1-2H3. The maximum absolute atomic E-state index is 11.7. The van der Waals surface area contributed by atoms with Gasteiger partial charge in [0, 0.05) is 22.5 Å². The van der Waals surface area contributed by atoms with E-state index < -0.39 is 9.84 Å². The van der Waals surface area contributed by atoms with Gasteiger partial charge in [0.15, 0.2) is 9.84 Å². The van der Waals surface area contributed by atoms with Gasteiger partial charge in [-0.15, -0.1) is 0 Å². The second kappa shape index (κ2) is 5.21. The molecule has 2 unspecified atom stereocenters. The fraction of sp³-hybridized carbons (Fsp3) is 0.538. The van der Waals surface area contributed by atoms with E-state index in [-0.39, 0.29) is 11.3 Å². The highest BCUT2D eigenvalue weighted by Crippen LogP contribution is 2.31. The van der Waals surface area contributed by atoms with Crippen LogP contribution in [0.5, 0.6) is 0 Å². The van der Waals surface area contributed by atoms with Gasteiger partial charge in [0.2, 0.25) is 0 Å². The molecule has 1 aromatic carbocycles. The van der Waals surface area contributed by atoms with E-state index in [9.17, 15) is 8.42 Å². The topological polar surface area (TPSA) is 46.2 Å². The van der Waals surface area contributed by atoms with E-state index in [0.29, 0.717) is 0 Å². The third-order valence-electron chi connectivity index (χ3n) is 3.47. The molecule has 18 heavy (non-hydrogen) atoms. The minimum Gasteiger partial charge on any atom is -0.380 e. The lowest BCUT2D eigenvalue weighted by Crippen LogP contribution is -2.34. The zero-order valence-corrected chi connectivity index (χ0v) is 13.0. The minimum atomic E-state index is -2.97. The number of rotatable bonds is 3. The fourth-order valence-electron chi connectivity index (χ4n) is 2.55. The third-order valence-corrected chi connectivity index (χ3v) is 5.82. The van der Waals surface area contributed by atoms with Crippen molar-refractivity contribution in [2.45, 2.75) is 37.5 Å². The number of aryl methyl sites for hydroxylation is 1. The van der Waals surface area contributed by atoms with Gasteiger partial charge >= 0.3 is 0 Å². The third kappa shape index (κ3) is 3.06. The number of benzene rings is 1. The van der Waals surface area contributed by atoms with Crippen LogP contribution in [-0.4, -0.2) is 26.0 Å². The Morgan fingerprint density at radius 2 is 2.06 bits per heavy atom. The number of nitrogens with one attached hydrogen (secondary N) is 1. The molecule has 100 valence electrons. The Bertz CT molecular complexity index is 542. The second-order valence-electron chi connectivity index (χ2n) is 5.03. The maximum Gasteiger partial charge on any atom is 0.152 e. The SMILES string of the molecule is Cc1ccc(Br)c(NC2CCCC2S(C)(=O)=O)c1. The lowest BCUT2D eigenvalue weighted by atomic mass is 10.2. The number of anilines is 1.